The summed E-state index contributed by atoms with van der Waals surface area (Å²) in [5, 5.41) is 8.15. The van der Waals surface area contributed by atoms with Crippen molar-refractivity contribution in [2.75, 3.05) is 0 Å². The zero-order valence-corrected chi connectivity index (χ0v) is 16.1. The van der Waals surface area contributed by atoms with E-state index in [9.17, 15) is 0 Å². The minimum Gasteiger partial charge on any atom is -0.307 e. The van der Waals surface area contributed by atoms with Crippen LogP contribution >= 0.6 is 27.3 Å². The number of thiophene rings is 1. The minimum atomic E-state index is 0.151. The van der Waals surface area contributed by atoms with Gasteiger partial charge in [-0.2, -0.15) is 5.10 Å². The van der Waals surface area contributed by atoms with Gasteiger partial charge in [-0.15, -0.1) is 11.3 Å². The average Bonchev–Trinajstić information content (AvgIpc) is 2.83. The fraction of sp³-hybridized carbons (Fsp3) is 0.562. The van der Waals surface area contributed by atoms with E-state index in [-0.39, 0.29) is 5.54 Å². The highest BCUT2D eigenvalue weighted by molar-refractivity contribution is 9.10. The van der Waals surface area contributed by atoms with Gasteiger partial charge in [0.05, 0.1) is 22.4 Å². The number of halogens is 1. The quantitative estimate of drug-likeness (QED) is 0.855. The molecule has 5 heteroatoms. The number of rotatable bonds is 4. The Morgan fingerprint density at radius 2 is 1.95 bits per heavy atom. The van der Waals surface area contributed by atoms with Crippen LogP contribution in [0.25, 0.3) is 0 Å². The molecule has 1 N–H and O–H groups in total. The normalized spacial score (nSPS) is 12.1. The summed E-state index contributed by atoms with van der Waals surface area (Å²) in [5.74, 6) is 0. The van der Waals surface area contributed by atoms with Crippen molar-refractivity contribution in [2.24, 2.45) is 0 Å². The van der Waals surface area contributed by atoms with Crippen molar-refractivity contribution in [3.05, 3.63) is 37.2 Å². The Morgan fingerprint density at radius 1 is 1.29 bits per heavy atom. The van der Waals surface area contributed by atoms with Crippen LogP contribution < -0.4 is 5.32 Å². The predicted octanol–water partition coefficient (Wildman–Crippen LogP) is 4.57. The van der Waals surface area contributed by atoms with E-state index in [4.69, 9.17) is 0 Å². The first kappa shape index (κ1) is 16.7. The Kier molecular flexibility index (Phi) is 4.96. The lowest BCUT2D eigenvalue weighted by Crippen LogP contribution is -2.34. The van der Waals surface area contributed by atoms with Gasteiger partial charge in [0.15, 0.2) is 0 Å². The van der Waals surface area contributed by atoms with Crippen molar-refractivity contribution < 1.29 is 0 Å². The van der Waals surface area contributed by atoms with Crippen LogP contribution in [0.3, 0.4) is 0 Å². The second-order valence-electron chi connectivity index (χ2n) is 6.54. The summed E-state index contributed by atoms with van der Waals surface area (Å²) in [5.41, 5.74) is 3.75. The molecule has 3 nitrogen and oxygen atoms in total. The lowest BCUT2D eigenvalue weighted by molar-refractivity contribution is 0.426. The standard InChI is InChI=1S/C16H24BrN3S/c1-10-15(17)11(2)20(19-10)9-13-7-14(21-12(13)3)8-18-16(4,5)6/h7,18H,8-9H2,1-6H3. The van der Waals surface area contributed by atoms with E-state index in [0.29, 0.717) is 0 Å². The molecule has 0 amide bonds. The fourth-order valence-electron chi connectivity index (χ4n) is 2.17. The second-order valence-corrected chi connectivity index (χ2v) is 8.67. The maximum absolute atomic E-state index is 4.60. The SMILES string of the molecule is Cc1nn(Cc2cc(CNC(C)(C)C)sc2C)c(C)c1Br. The van der Waals surface area contributed by atoms with Crippen LogP contribution in [0, 0.1) is 20.8 Å². The van der Waals surface area contributed by atoms with E-state index in [2.05, 4.69) is 71.7 Å². The van der Waals surface area contributed by atoms with Gasteiger partial charge in [-0.1, -0.05) is 0 Å². The van der Waals surface area contributed by atoms with Crippen LogP contribution in [0.1, 0.15) is 47.5 Å². The summed E-state index contributed by atoms with van der Waals surface area (Å²) in [6.07, 6.45) is 0. The average molecular weight is 370 g/mol. The topological polar surface area (TPSA) is 29.9 Å². The highest BCUT2D eigenvalue weighted by Gasteiger charge is 2.13. The molecule has 0 aliphatic heterocycles. The molecule has 0 aromatic carbocycles. The Morgan fingerprint density at radius 3 is 2.48 bits per heavy atom. The fourth-order valence-corrected chi connectivity index (χ4v) is 3.45. The van der Waals surface area contributed by atoms with Crippen LogP contribution in [0.4, 0.5) is 0 Å². The molecule has 0 spiro atoms. The molecular weight excluding hydrogens is 346 g/mol. The third kappa shape index (κ3) is 4.18. The second kappa shape index (κ2) is 6.23. The van der Waals surface area contributed by atoms with E-state index in [0.717, 1.165) is 23.3 Å². The van der Waals surface area contributed by atoms with Crippen molar-refractivity contribution in [3.63, 3.8) is 0 Å². The summed E-state index contributed by atoms with van der Waals surface area (Å²) in [4.78, 5) is 2.77. The number of hydrogen-bond acceptors (Lipinski definition) is 3. The van der Waals surface area contributed by atoms with Gasteiger partial charge in [-0.05, 0) is 69.1 Å². The molecule has 2 aromatic heterocycles. The Labute approximate surface area is 139 Å². The van der Waals surface area contributed by atoms with Gasteiger partial charge in [0.25, 0.3) is 0 Å². The van der Waals surface area contributed by atoms with E-state index in [1.54, 1.807) is 0 Å². The Hall–Kier alpha value is -0.650. The van der Waals surface area contributed by atoms with Crippen LogP contribution in [0.2, 0.25) is 0 Å². The maximum atomic E-state index is 4.60. The summed E-state index contributed by atoms with van der Waals surface area (Å²) in [6, 6.07) is 2.31. The summed E-state index contributed by atoms with van der Waals surface area (Å²) in [7, 11) is 0. The van der Waals surface area contributed by atoms with E-state index in [1.807, 2.05) is 18.3 Å². The number of aromatic nitrogens is 2. The van der Waals surface area contributed by atoms with Crippen LogP contribution in [-0.4, -0.2) is 15.3 Å². The Balaban J connectivity index is 2.14. The molecule has 0 fully saturated rings. The molecule has 2 heterocycles. The number of nitrogens with one attached hydrogen (secondary N) is 1. The maximum Gasteiger partial charge on any atom is 0.0738 e. The molecule has 0 saturated carbocycles. The third-order valence-corrected chi connectivity index (χ3v) is 5.72. The van der Waals surface area contributed by atoms with Crippen LogP contribution in [-0.2, 0) is 13.1 Å². The number of aryl methyl sites for hydroxylation is 2. The molecular formula is C16H24BrN3S. The summed E-state index contributed by atoms with van der Waals surface area (Å²) >= 11 is 5.47. The van der Waals surface area contributed by atoms with Gasteiger partial charge in [0.1, 0.15) is 0 Å². The first-order chi connectivity index (χ1) is 9.67. The van der Waals surface area contributed by atoms with Crippen molar-refractivity contribution in [2.45, 2.75) is 60.2 Å². The first-order valence-corrected chi connectivity index (χ1v) is 8.81. The molecule has 0 bridgehead atoms. The van der Waals surface area contributed by atoms with Crippen molar-refractivity contribution in [3.8, 4) is 0 Å². The summed E-state index contributed by atoms with van der Waals surface area (Å²) < 4.78 is 3.19. The molecule has 21 heavy (non-hydrogen) atoms. The van der Waals surface area contributed by atoms with Gasteiger partial charge >= 0.3 is 0 Å². The highest BCUT2D eigenvalue weighted by atomic mass is 79.9. The van der Waals surface area contributed by atoms with Crippen LogP contribution in [0.5, 0.6) is 0 Å². The van der Waals surface area contributed by atoms with Crippen molar-refractivity contribution in [1.82, 2.24) is 15.1 Å². The molecule has 0 radical (unpaired) electrons. The van der Waals surface area contributed by atoms with Crippen molar-refractivity contribution >= 4 is 27.3 Å². The van der Waals surface area contributed by atoms with Gasteiger partial charge in [-0.25, -0.2) is 0 Å². The molecule has 0 saturated heterocycles. The predicted molar refractivity (Wildman–Crippen MR) is 94.2 cm³/mol. The lowest BCUT2D eigenvalue weighted by Gasteiger charge is -2.19. The van der Waals surface area contributed by atoms with Crippen molar-refractivity contribution in [1.29, 1.82) is 0 Å². The minimum absolute atomic E-state index is 0.151. The molecule has 0 unspecified atom stereocenters. The smallest absolute Gasteiger partial charge is 0.0738 e. The molecule has 2 aromatic rings. The molecule has 116 valence electrons. The summed E-state index contributed by atoms with van der Waals surface area (Å²) in [6.45, 7) is 14.7. The molecule has 0 aliphatic rings. The Bertz CT molecular complexity index is 635. The van der Waals surface area contributed by atoms with Gasteiger partial charge in [0.2, 0.25) is 0 Å². The molecule has 0 aliphatic carbocycles. The van der Waals surface area contributed by atoms with E-state index >= 15 is 0 Å². The zero-order chi connectivity index (χ0) is 15.8. The molecule has 2 rings (SSSR count). The van der Waals surface area contributed by atoms with E-state index < -0.39 is 0 Å². The zero-order valence-electron chi connectivity index (χ0n) is 13.7. The van der Waals surface area contributed by atoms with Gasteiger partial charge < -0.3 is 5.32 Å². The lowest BCUT2D eigenvalue weighted by atomic mass is 10.1. The van der Waals surface area contributed by atoms with Gasteiger partial charge in [-0.3, -0.25) is 4.68 Å². The van der Waals surface area contributed by atoms with Gasteiger partial charge in [0, 0.05) is 21.8 Å². The monoisotopic (exact) mass is 369 g/mol. The largest absolute Gasteiger partial charge is 0.307 e. The van der Waals surface area contributed by atoms with E-state index in [1.165, 1.54) is 21.0 Å². The third-order valence-electron chi connectivity index (χ3n) is 3.48. The number of hydrogen-bond donors (Lipinski definition) is 1. The van der Waals surface area contributed by atoms with Crippen LogP contribution in [0.15, 0.2) is 10.5 Å². The molecule has 0 atom stereocenters. The first-order valence-electron chi connectivity index (χ1n) is 7.20. The highest BCUT2D eigenvalue weighted by Crippen LogP contribution is 2.25. The number of nitrogens with zero attached hydrogens (tertiary/aromatic N) is 2.